The van der Waals surface area contributed by atoms with Crippen molar-refractivity contribution in [1.29, 1.82) is 0 Å². The van der Waals surface area contributed by atoms with E-state index in [1.54, 1.807) is 0 Å². The van der Waals surface area contributed by atoms with E-state index in [4.69, 9.17) is 28.4 Å². The molecule has 0 saturated heterocycles. The number of ether oxygens (including phenoxy) is 7. The first-order chi connectivity index (χ1) is 15.3. The SMILES string of the molecule is COC(=O)C1=C[C@@H](OC(C)=O)[C@@H](OC(C)=O)[C@H]([C@H](OC(C)=O)[C@@H](COC(C)=O)OC(C)=O)O1. The second kappa shape index (κ2) is 12.4. The Hall–Kier alpha value is -3.64. The minimum Gasteiger partial charge on any atom is -0.475 e. The third-order valence-electron chi connectivity index (χ3n) is 3.98. The predicted octanol–water partition coefficient (Wildman–Crippen LogP) is -0.268. The van der Waals surface area contributed by atoms with Gasteiger partial charge in [-0.1, -0.05) is 0 Å². The van der Waals surface area contributed by atoms with Gasteiger partial charge >= 0.3 is 35.8 Å². The van der Waals surface area contributed by atoms with E-state index in [-0.39, 0.29) is 0 Å². The molecule has 13 heteroatoms. The molecule has 0 saturated carbocycles. The van der Waals surface area contributed by atoms with Crippen LogP contribution in [-0.2, 0) is 61.9 Å². The first kappa shape index (κ1) is 27.4. The van der Waals surface area contributed by atoms with Crippen molar-refractivity contribution in [3.05, 3.63) is 11.8 Å². The second-order valence-electron chi connectivity index (χ2n) is 6.78. The zero-order valence-corrected chi connectivity index (χ0v) is 19.0. The van der Waals surface area contributed by atoms with Gasteiger partial charge in [-0.3, -0.25) is 24.0 Å². The molecule has 0 N–H and O–H groups in total. The minimum absolute atomic E-state index is 0.455. The molecule has 33 heavy (non-hydrogen) atoms. The minimum atomic E-state index is -1.58. The van der Waals surface area contributed by atoms with E-state index in [9.17, 15) is 28.8 Å². The van der Waals surface area contributed by atoms with Crippen LogP contribution in [0.15, 0.2) is 11.8 Å². The maximum absolute atomic E-state index is 12.2. The number of esters is 6. The Labute approximate surface area is 189 Å². The first-order valence-electron chi connectivity index (χ1n) is 9.64. The summed E-state index contributed by atoms with van der Waals surface area (Å²) in [5.74, 6) is -5.49. The molecule has 0 amide bonds. The molecule has 1 aliphatic heterocycles. The van der Waals surface area contributed by atoms with E-state index in [1.807, 2.05) is 0 Å². The Morgan fingerprint density at radius 1 is 0.848 bits per heavy atom. The summed E-state index contributed by atoms with van der Waals surface area (Å²) in [5.41, 5.74) is 0. The lowest BCUT2D eigenvalue weighted by Gasteiger charge is -2.40. The Kier molecular flexibility index (Phi) is 10.3. The third-order valence-corrected chi connectivity index (χ3v) is 3.98. The highest BCUT2D eigenvalue weighted by atomic mass is 16.6. The normalized spacial score (nSPS) is 21.2. The molecule has 1 rings (SSSR count). The van der Waals surface area contributed by atoms with E-state index in [2.05, 4.69) is 4.74 Å². The molecular formula is C20H26O13. The van der Waals surface area contributed by atoms with Crippen LogP contribution in [-0.4, -0.2) is 80.1 Å². The van der Waals surface area contributed by atoms with Crippen LogP contribution >= 0.6 is 0 Å². The average molecular weight is 474 g/mol. The maximum Gasteiger partial charge on any atom is 0.373 e. The monoisotopic (exact) mass is 474 g/mol. The maximum atomic E-state index is 12.2. The van der Waals surface area contributed by atoms with Crippen molar-refractivity contribution in [2.75, 3.05) is 13.7 Å². The van der Waals surface area contributed by atoms with Gasteiger partial charge in [0.1, 0.15) is 6.61 Å². The molecule has 0 radical (unpaired) electrons. The summed E-state index contributed by atoms with van der Waals surface area (Å²) in [6.45, 7) is 4.75. The molecule has 0 unspecified atom stereocenters. The third kappa shape index (κ3) is 8.79. The summed E-state index contributed by atoms with van der Waals surface area (Å²) >= 11 is 0. The summed E-state index contributed by atoms with van der Waals surface area (Å²) in [4.78, 5) is 70.4. The van der Waals surface area contributed by atoms with E-state index < -0.39 is 78.7 Å². The van der Waals surface area contributed by atoms with Crippen LogP contribution in [0.2, 0.25) is 0 Å². The molecule has 0 bridgehead atoms. The molecule has 0 fully saturated rings. The van der Waals surface area contributed by atoms with Gasteiger partial charge in [0.15, 0.2) is 30.5 Å². The van der Waals surface area contributed by atoms with Crippen LogP contribution in [0.1, 0.15) is 34.6 Å². The van der Waals surface area contributed by atoms with Crippen LogP contribution in [0.3, 0.4) is 0 Å². The summed E-state index contributed by atoms with van der Waals surface area (Å²) in [6, 6.07) is 0. The van der Waals surface area contributed by atoms with Crippen LogP contribution < -0.4 is 0 Å². The van der Waals surface area contributed by atoms with E-state index in [0.717, 1.165) is 47.8 Å². The molecule has 0 aromatic carbocycles. The Balaban J connectivity index is 3.58. The quantitative estimate of drug-likeness (QED) is 0.317. The Morgan fingerprint density at radius 2 is 1.42 bits per heavy atom. The fraction of sp³-hybridized carbons (Fsp3) is 0.600. The highest BCUT2D eigenvalue weighted by Crippen LogP contribution is 2.30. The standard InChI is InChI=1S/C20H26O13/c1-9(21)28-8-16(30-11(3)23)18(32-13(5)25)19-17(31-12(4)24)14(29-10(2)22)7-15(33-19)20(26)27-6/h7,14,16-19H,8H2,1-6H3/t14-,16-,17-,18-,19-/m1/s1. The van der Waals surface area contributed by atoms with Crippen molar-refractivity contribution in [2.24, 2.45) is 0 Å². The molecule has 1 aliphatic rings. The van der Waals surface area contributed by atoms with Crippen LogP contribution in [0.25, 0.3) is 0 Å². The van der Waals surface area contributed by atoms with Crippen molar-refractivity contribution in [3.8, 4) is 0 Å². The fourth-order valence-electron chi connectivity index (χ4n) is 2.93. The summed E-state index contributed by atoms with van der Waals surface area (Å²) < 4.78 is 36.0. The van der Waals surface area contributed by atoms with Crippen molar-refractivity contribution < 1.29 is 61.9 Å². The molecule has 13 nitrogen and oxygen atoms in total. The molecule has 0 aromatic heterocycles. The van der Waals surface area contributed by atoms with Crippen LogP contribution in [0, 0.1) is 0 Å². The summed E-state index contributed by atoms with van der Waals surface area (Å²) in [6.07, 6.45) is -6.37. The molecule has 5 atom stereocenters. The highest BCUT2D eigenvalue weighted by Gasteiger charge is 2.50. The Morgan fingerprint density at radius 3 is 1.88 bits per heavy atom. The van der Waals surface area contributed by atoms with E-state index in [1.165, 1.54) is 0 Å². The van der Waals surface area contributed by atoms with Crippen LogP contribution in [0.5, 0.6) is 0 Å². The largest absolute Gasteiger partial charge is 0.475 e. The highest BCUT2D eigenvalue weighted by molar-refractivity contribution is 5.86. The molecule has 184 valence electrons. The van der Waals surface area contributed by atoms with E-state index in [0.29, 0.717) is 0 Å². The molecule has 0 spiro atoms. The van der Waals surface area contributed by atoms with Gasteiger partial charge in [-0.15, -0.1) is 0 Å². The van der Waals surface area contributed by atoms with Gasteiger partial charge in [0.2, 0.25) is 5.76 Å². The number of methoxy groups -OCH3 is 1. The second-order valence-corrected chi connectivity index (χ2v) is 6.78. The molecule has 0 aliphatic carbocycles. The van der Waals surface area contributed by atoms with E-state index >= 15 is 0 Å². The lowest BCUT2D eigenvalue weighted by molar-refractivity contribution is -0.209. The summed E-state index contributed by atoms with van der Waals surface area (Å²) in [7, 11) is 1.06. The predicted molar refractivity (Wildman–Crippen MR) is 104 cm³/mol. The van der Waals surface area contributed by atoms with Crippen molar-refractivity contribution in [2.45, 2.75) is 65.1 Å². The lowest BCUT2D eigenvalue weighted by atomic mass is 9.95. The van der Waals surface area contributed by atoms with Gasteiger partial charge in [-0.05, 0) is 0 Å². The number of rotatable bonds is 9. The molecule has 0 aromatic rings. The van der Waals surface area contributed by atoms with Gasteiger partial charge in [-0.25, -0.2) is 4.79 Å². The fourth-order valence-corrected chi connectivity index (χ4v) is 2.93. The van der Waals surface area contributed by atoms with Crippen LogP contribution in [0.4, 0.5) is 0 Å². The first-order valence-corrected chi connectivity index (χ1v) is 9.64. The van der Waals surface area contributed by atoms with Crippen molar-refractivity contribution >= 4 is 35.8 Å². The lowest BCUT2D eigenvalue weighted by Crippen LogP contribution is -2.57. The number of hydrogen-bond acceptors (Lipinski definition) is 13. The van der Waals surface area contributed by atoms with Gasteiger partial charge in [0.25, 0.3) is 0 Å². The van der Waals surface area contributed by atoms with Crippen molar-refractivity contribution in [1.82, 2.24) is 0 Å². The number of carbonyl (C=O) groups is 6. The topological polar surface area (TPSA) is 167 Å². The molecule has 1 heterocycles. The number of hydrogen-bond donors (Lipinski definition) is 0. The average Bonchev–Trinajstić information content (AvgIpc) is 2.68. The number of carbonyl (C=O) groups excluding carboxylic acids is 6. The summed E-state index contributed by atoms with van der Waals surface area (Å²) in [5, 5.41) is 0. The zero-order valence-electron chi connectivity index (χ0n) is 19.0. The van der Waals surface area contributed by atoms with Gasteiger partial charge in [0.05, 0.1) is 7.11 Å². The van der Waals surface area contributed by atoms with Gasteiger partial charge < -0.3 is 33.2 Å². The van der Waals surface area contributed by atoms with Gasteiger partial charge in [0, 0.05) is 40.7 Å². The van der Waals surface area contributed by atoms with Gasteiger partial charge in [-0.2, -0.15) is 0 Å². The zero-order chi connectivity index (χ0) is 25.3. The van der Waals surface area contributed by atoms with Crippen molar-refractivity contribution in [3.63, 3.8) is 0 Å². The molecular weight excluding hydrogens is 448 g/mol. The Bertz CT molecular complexity index is 815. The smallest absolute Gasteiger partial charge is 0.373 e.